The molecule has 2 saturated heterocycles. The minimum Gasteiger partial charge on any atom is -0.341 e. The van der Waals surface area contributed by atoms with E-state index in [1.54, 1.807) is 0 Å². The normalized spacial score (nSPS) is 27.1. The lowest BCUT2D eigenvalue weighted by molar-refractivity contribution is -0.131. The number of carbonyl (C=O) groups excluding carboxylic acids is 1. The summed E-state index contributed by atoms with van der Waals surface area (Å²) < 4.78 is 0. The summed E-state index contributed by atoms with van der Waals surface area (Å²) in [5.41, 5.74) is 1.26. The quantitative estimate of drug-likeness (QED) is 0.917. The zero-order valence-corrected chi connectivity index (χ0v) is 12.2. The molecule has 2 heterocycles. The van der Waals surface area contributed by atoms with Gasteiger partial charge in [0.15, 0.2) is 0 Å². The third-order valence-electron chi connectivity index (χ3n) is 4.73. The second kappa shape index (κ2) is 5.96. The summed E-state index contributed by atoms with van der Waals surface area (Å²) >= 11 is 0. The number of hydrogen-bond acceptors (Lipinski definition) is 2. The van der Waals surface area contributed by atoms with Crippen LogP contribution in [0.15, 0.2) is 30.3 Å². The molecule has 1 amide bonds. The Hall–Kier alpha value is -1.35. The molecule has 0 aromatic heterocycles. The molecule has 1 N–H and O–H groups in total. The second-order valence-electron chi connectivity index (χ2n) is 6.28. The van der Waals surface area contributed by atoms with E-state index in [1.165, 1.54) is 18.4 Å². The Morgan fingerprint density at radius 1 is 1.25 bits per heavy atom. The fourth-order valence-corrected chi connectivity index (χ4v) is 3.46. The van der Waals surface area contributed by atoms with E-state index in [2.05, 4.69) is 29.3 Å². The number of fused-ring (bicyclic) bond motifs is 2. The fourth-order valence-electron chi connectivity index (χ4n) is 3.46. The van der Waals surface area contributed by atoms with Crippen molar-refractivity contribution in [3.8, 4) is 0 Å². The first-order valence-corrected chi connectivity index (χ1v) is 7.81. The summed E-state index contributed by atoms with van der Waals surface area (Å²) in [6.45, 7) is 3.97. The Morgan fingerprint density at radius 2 is 2.00 bits per heavy atom. The predicted octanol–water partition coefficient (Wildman–Crippen LogP) is 2.53. The van der Waals surface area contributed by atoms with Gasteiger partial charge in [0.2, 0.25) is 5.91 Å². The van der Waals surface area contributed by atoms with Gasteiger partial charge in [0.1, 0.15) is 0 Å². The first-order chi connectivity index (χ1) is 9.72. The average Bonchev–Trinajstić information content (AvgIpc) is 2.79. The van der Waals surface area contributed by atoms with E-state index in [9.17, 15) is 4.79 Å². The molecule has 2 aliphatic heterocycles. The monoisotopic (exact) mass is 272 g/mol. The van der Waals surface area contributed by atoms with Gasteiger partial charge < -0.3 is 10.2 Å². The van der Waals surface area contributed by atoms with E-state index in [0.29, 0.717) is 30.3 Å². The minimum absolute atomic E-state index is 0.303. The molecule has 3 heteroatoms. The highest BCUT2D eigenvalue weighted by atomic mass is 16.2. The SMILES string of the molecule is CC(CC(=O)N1CCC2CCC(C1)N2)c1ccccc1. The summed E-state index contributed by atoms with van der Waals surface area (Å²) in [6, 6.07) is 11.5. The van der Waals surface area contributed by atoms with Crippen molar-refractivity contribution in [1.29, 1.82) is 0 Å². The topological polar surface area (TPSA) is 32.3 Å². The predicted molar refractivity (Wildman–Crippen MR) is 80.6 cm³/mol. The standard InChI is InChI=1S/C17H24N2O/c1-13(14-5-3-2-4-6-14)11-17(20)19-10-9-15-7-8-16(12-19)18-15/h2-6,13,15-16,18H,7-12H2,1H3. The van der Waals surface area contributed by atoms with Gasteiger partial charge in [-0.3, -0.25) is 4.79 Å². The molecule has 1 aromatic carbocycles. The Labute approximate surface area is 121 Å². The van der Waals surface area contributed by atoms with Gasteiger partial charge in [-0.1, -0.05) is 37.3 Å². The first-order valence-electron chi connectivity index (χ1n) is 7.81. The van der Waals surface area contributed by atoms with E-state index in [0.717, 1.165) is 19.5 Å². The van der Waals surface area contributed by atoms with Gasteiger partial charge in [-0.05, 0) is 30.7 Å². The lowest BCUT2D eigenvalue weighted by atomic mass is 9.97. The second-order valence-corrected chi connectivity index (χ2v) is 6.28. The molecule has 0 saturated carbocycles. The van der Waals surface area contributed by atoms with Crippen LogP contribution in [0.1, 0.15) is 44.1 Å². The van der Waals surface area contributed by atoms with Gasteiger partial charge in [0.05, 0.1) is 0 Å². The summed E-state index contributed by atoms with van der Waals surface area (Å²) in [5, 5.41) is 3.63. The Kier molecular flexibility index (Phi) is 4.06. The zero-order valence-electron chi connectivity index (χ0n) is 12.2. The molecule has 3 unspecified atom stereocenters. The summed E-state index contributed by atoms with van der Waals surface area (Å²) in [7, 11) is 0. The van der Waals surface area contributed by atoms with Crippen molar-refractivity contribution in [2.75, 3.05) is 13.1 Å². The Bertz CT molecular complexity index is 459. The van der Waals surface area contributed by atoms with Crippen LogP contribution >= 0.6 is 0 Å². The Morgan fingerprint density at radius 3 is 2.80 bits per heavy atom. The van der Waals surface area contributed by atoms with Gasteiger partial charge >= 0.3 is 0 Å². The number of amides is 1. The van der Waals surface area contributed by atoms with Crippen LogP contribution in [0.25, 0.3) is 0 Å². The summed E-state index contributed by atoms with van der Waals surface area (Å²) in [5.74, 6) is 0.618. The number of nitrogens with zero attached hydrogens (tertiary/aromatic N) is 1. The average molecular weight is 272 g/mol. The van der Waals surface area contributed by atoms with Crippen LogP contribution in [0.3, 0.4) is 0 Å². The fraction of sp³-hybridized carbons (Fsp3) is 0.588. The first kappa shape index (κ1) is 13.6. The van der Waals surface area contributed by atoms with Crippen LogP contribution in [0.5, 0.6) is 0 Å². The van der Waals surface area contributed by atoms with Crippen LogP contribution in [-0.4, -0.2) is 36.0 Å². The molecule has 3 nitrogen and oxygen atoms in total. The molecule has 2 bridgehead atoms. The van der Waals surface area contributed by atoms with Crippen molar-refractivity contribution in [2.24, 2.45) is 0 Å². The van der Waals surface area contributed by atoms with Crippen molar-refractivity contribution in [2.45, 2.75) is 50.6 Å². The van der Waals surface area contributed by atoms with E-state index in [-0.39, 0.29) is 0 Å². The van der Waals surface area contributed by atoms with Crippen LogP contribution in [-0.2, 0) is 4.79 Å². The van der Waals surface area contributed by atoms with Gasteiger partial charge in [-0.2, -0.15) is 0 Å². The van der Waals surface area contributed by atoms with Crippen molar-refractivity contribution in [3.05, 3.63) is 35.9 Å². The molecule has 0 aliphatic carbocycles. The molecule has 1 aromatic rings. The number of likely N-dealkylation sites (tertiary alicyclic amines) is 1. The highest BCUT2D eigenvalue weighted by Gasteiger charge is 2.31. The molecule has 20 heavy (non-hydrogen) atoms. The summed E-state index contributed by atoms with van der Waals surface area (Å²) in [6.07, 6.45) is 4.25. The van der Waals surface area contributed by atoms with Crippen molar-refractivity contribution >= 4 is 5.91 Å². The van der Waals surface area contributed by atoms with Crippen LogP contribution in [0.2, 0.25) is 0 Å². The molecule has 108 valence electrons. The number of carbonyl (C=O) groups is 1. The maximum absolute atomic E-state index is 12.5. The molecule has 0 spiro atoms. The largest absolute Gasteiger partial charge is 0.341 e. The van der Waals surface area contributed by atoms with E-state index >= 15 is 0 Å². The third-order valence-corrected chi connectivity index (χ3v) is 4.73. The molecule has 2 fully saturated rings. The van der Waals surface area contributed by atoms with Gasteiger partial charge in [-0.15, -0.1) is 0 Å². The van der Waals surface area contributed by atoms with E-state index < -0.39 is 0 Å². The number of benzene rings is 1. The molecule has 3 atom stereocenters. The molecule has 3 rings (SSSR count). The zero-order chi connectivity index (χ0) is 13.9. The van der Waals surface area contributed by atoms with Gasteiger partial charge in [-0.25, -0.2) is 0 Å². The van der Waals surface area contributed by atoms with Crippen molar-refractivity contribution < 1.29 is 4.79 Å². The highest BCUT2D eigenvalue weighted by molar-refractivity contribution is 5.77. The molecular formula is C17H24N2O. The summed E-state index contributed by atoms with van der Waals surface area (Å²) in [4.78, 5) is 14.6. The van der Waals surface area contributed by atoms with Crippen molar-refractivity contribution in [3.63, 3.8) is 0 Å². The molecule has 2 aliphatic rings. The van der Waals surface area contributed by atoms with E-state index in [4.69, 9.17) is 0 Å². The third kappa shape index (κ3) is 3.04. The van der Waals surface area contributed by atoms with Crippen molar-refractivity contribution in [1.82, 2.24) is 10.2 Å². The smallest absolute Gasteiger partial charge is 0.223 e. The maximum atomic E-state index is 12.5. The number of rotatable bonds is 3. The van der Waals surface area contributed by atoms with E-state index in [1.807, 2.05) is 18.2 Å². The lowest BCUT2D eigenvalue weighted by Gasteiger charge is -2.25. The lowest BCUT2D eigenvalue weighted by Crippen LogP contribution is -2.39. The van der Waals surface area contributed by atoms with Crippen LogP contribution < -0.4 is 5.32 Å². The maximum Gasteiger partial charge on any atom is 0.223 e. The number of hydrogen-bond donors (Lipinski definition) is 1. The highest BCUT2D eigenvalue weighted by Crippen LogP contribution is 2.23. The Balaban J connectivity index is 1.59. The minimum atomic E-state index is 0.303. The molecular weight excluding hydrogens is 248 g/mol. The molecule has 0 radical (unpaired) electrons. The van der Waals surface area contributed by atoms with Gasteiger partial charge in [0, 0.05) is 31.6 Å². The van der Waals surface area contributed by atoms with Gasteiger partial charge in [0.25, 0.3) is 0 Å². The van der Waals surface area contributed by atoms with Crippen LogP contribution in [0.4, 0.5) is 0 Å². The number of nitrogens with one attached hydrogen (secondary N) is 1. The van der Waals surface area contributed by atoms with Crippen LogP contribution in [0, 0.1) is 0 Å².